The summed E-state index contributed by atoms with van der Waals surface area (Å²) in [7, 11) is 0. The minimum absolute atomic E-state index is 0.857. The van der Waals surface area contributed by atoms with Crippen molar-refractivity contribution in [3.05, 3.63) is 0 Å². The second-order valence-corrected chi connectivity index (χ2v) is 7.40. The Morgan fingerprint density at radius 2 is 0.750 bits per heavy atom. The third-order valence-corrected chi connectivity index (χ3v) is 4.98. The molecule has 0 aliphatic rings. The Morgan fingerprint density at radius 3 is 1.04 bits per heavy atom. The third-order valence-electron chi connectivity index (χ3n) is 4.98. The van der Waals surface area contributed by atoms with Gasteiger partial charge in [-0.15, -0.1) is 0 Å². The fourth-order valence-electron chi connectivity index (χ4n) is 3.35. The average molecular weight is 334 g/mol. The van der Waals surface area contributed by atoms with Crippen LogP contribution >= 0.6 is 0 Å². The molecule has 0 rings (SSSR count). The first kappa shape index (κ1) is 23.4. The molecule has 0 spiro atoms. The van der Waals surface area contributed by atoms with Crippen LogP contribution in [-0.4, -0.2) is 0 Å². The van der Waals surface area contributed by atoms with E-state index in [1.807, 2.05) is 6.04 Å². The Hall–Kier alpha value is -0.640. The maximum absolute atomic E-state index is 8.36. The van der Waals surface area contributed by atoms with Crippen molar-refractivity contribution in [1.82, 2.24) is 5.73 Å². The molecule has 0 N–H and O–H groups in total. The quantitative estimate of drug-likeness (QED) is 0.170. The van der Waals surface area contributed by atoms with Gasteiger partial charge in [0.15, 0.2) is 0 Å². The zero-order valence-electron chi connectivity index (χ0n) is 16.6. The number of unbranched alkanes of at least 4 members (excludes halogenated alkanes) is 19. The number of rotatable bonds is 19. The maximum Gasteiger partial charge on any atom is 0.0584 e. The summed E-state index contributed by atoms with van der Waals surface area (Å²) in [5, 5.41) is 0. The number of hydrogen-bond acceptors (Lipinski definition) is 0. The van der Waals surface area contributed by atoms with Crippen LogP contribution in [0.2, 0.25) is 0 Å². The van der Waals surface area contributed by atoms with Crippen molar-refractivity contribution in [3.63, 3.8) is 0 Å². The van der Waals surface area contributed by atoms with Crippen LogP contribution in [0, 0.1) is 12.0 Å². The molecule has 0 amide bonds. The SMILES string of the molecule is CCCCCCCCCCCCCCCCCCCCCC#C[N]. The van der Waals surface area contributed by atoms with Crippen molar-refractivity contribution in [2.24, 2.45) is 0 Å². The zero-order valence-corrected chi connectivity index (χ0v) is 16.6. The van der Waals surface area contributed by atoms with Gasteiger partial charge in [-0.25, -0.2) is 0 Å². The lowest BCUT2D eigenvalue weighted by molar-refractivity contribution is 0.524. The molecule has 1 nitrogen and oxygen atoms in total. The van der Waals surface area contributed by atoms with Crippen molar-refractivity contribution in [1.29, 1.82) is 0 Å². The first-order valence-corrected chi connectivity index (χ1v) is 11.0. The summed E-state index contributed by atoms with van der Waals surface area (Å²) in [5.41, 5.74) is 8.36. The van der Waals surface area contributed by atoms with Gasteiger partial charge in [-0.2, -0.15) is 0 Å². The highest BCUT2D eigenvalue weighted by Crippen LogP contribution is 2.14. The fraction of sp³-hybridized carbons (Fsp3) is 0.913. The highest BCUT2D eigenvalue weighted by Gasteiger charge is 1.95. The Labute approximate surface area is 153 Å². The van der Waals surface area contributed by atoms with E-state index in [1.165, 1.54) is 116 Å². The van der Waals surface area contributed by atoms with E-state index in [-0.39, 0.29) is 0 Å². The van der Waals surface area contributed by atoms with Gasteiger partial charge in [-0.1, -0.05) is 134 Å². The molecule has 0 aliphatic carbocycles. The van der Waals surface area contributed by atoms with Gasteiger partial charge >= 0.3 is 0 Å². The van der Waals surface area contributed by atoms with Gasteiger partial charge in [0.05, 0.1) is 6.04 Å². The van der Waals surface area contributed by atoms with Gasteiger partial charge in [0.25, 0.3) is 0 Å². The maximum atomic E-state index is 8.36. The average Bonchev–Trinajstić information content (AvgIpc) is 2.60. The lowest BCUT2D eigenvalue weighted by atomic mass is 10.0. The van der Waals surface area contributed by atoms with Crippen molar-refractivity contribution in [2.75, 3.05) is 0 Å². The molecule has 0 bridgehead atoms. The van der Waals surface area contributed by atoms with Crippen LogP contribution in [0.3, 0.4) is 0 Å². The van der Waals surface area contributed by atoms with Crippen molar-refractivity contribution < 1.29 is 0 Å². The summed E-state index contributed by atoms with van der Waals surface area (Å²) in [5.74, 6) is 2.71. The minimum atomic E-state index is 0.857. The molecule has 0 aromatic carbocycles. The van der Waals surface area contributed by atoms with Gasteiger partial charge in [0.1, 0.15) is 0 Å². The molecule has 0 aromatic rings. The highest BCUT2D eigenvalue weighted by molar-refractivity contribution is 4.92. The van der Waals surface area contributed by atoms with Crippen LogP contribution in [0.15, 0.2) is 0 Å². The lowest BCUT2D eigenvalue weighted by Crippen LogP contribution is -1.84. The zero-order chi connectivity index (χ0) is 17.6. The van der Waals surface area contributed by atoms with Gasteiger partial charge in [-0.3, -0.25) is 0 Å². The van der Waals surface area contributed by atoms with Crippen molar-refractivity contribution in [2.45, 2.75) is 135 Å². The summed E-state index contributed by atoms with van der Waals surface area (Å²) in [4.78, 5) is 0. The first-order valence-electron chi connectivity index (χ1n) is 11.0. The molecule has 0 heterocycles. The fourth-order valence-corrected chi connectivity index (χ4v) is 3.35. The molecule has 0 saturated carbocycles. The van der Waals surface area contributed by atoms with E-state index in [2.05, 4.69) is 12.8 Å². The topological polar surface area (TPSA) is 22.3 Å². The van der Waals surface area contributed by atoms with E-state index in [0.717, 1.165) is 12.8 Å². The summed E-state index contributed by atoms with van der Waals surface area (Å²) < 4.78 is 0. The number of hydrogen-bond donors (Lipinski definition) is 0. The van der Waals surface area contributed by atoms with E-state index in [4.69, 9.17) is 5.73 Å². The van der Waals surface area contributed by atoms with Gasteiger partial charge in [0.2, 0.25) is 0 Å². The molecule has 0 unspecified atom stereocenters. The second kappa shape index (κ2) is 22.4. The molecule has 0 aromatic heterocycles. The van der Waals surface area contributed by atoms with E-state index in [9.17, 15) is 0 Å². The van der Waals surface area contributed by atoms with Crippen LogP contribution in [0.1, 0.15) is 135 Å². The van der Waals surface area contributed by atoms with E-state index in [1.54, 1.807) is 0 Å². The molecule has 140 valence electrons. The predicted octanol–water partition coefficient (Wildman–Crippen LogP) is 7.84. The Morgan fingerprint density at radius 1 is 0.458 bits per heavy atom. The molecular formula is C23H43N. The van der Waals surface area contributed by atoms with Gasteiger partial charge in [-0.05, 0) is 6.42 Å². The molecule has 0 atom stereocenters. The van der Waals surface area contributed by atoms with Crippen LogP contribution in [0.25, 0.3) is 0 Å². The third kappa shape index (κ3) is 21.4. The summed E-state index contributed by atoms with van der Waals surface area (Å²) in [6, 6.07) is 1.98. The van der Waals surface area contributed by atoms with Crippen LogP contribution in [-0.2, 0) is 0 Å². The first-order chi connectivity index (χ1) is 11.9. The molecule has 0 aliphatic heterocycles. The van der Waals surface area contributed by atoms with Crippen LogP contribution in [0.5, 0.6) is 0 Å². The Bertz CT molecular complexity index is 273. The molecule has 0 fully saturated rings. The van der Waals surface area contributed by atoms with Crippen LogP contribution < -0.4 is 5.73 Å². The summed E-state index contributed by atoms with van der Waals surface area (Å²) in [6.45, 7) is 2.29. The second-order valence-electron chi connectivity index (χ2n) is 7.40. The van der Waals surface area contributed by atoms with E-state index < -0.39 is 0 Å². The molecule has 0 saturated heterocycles. The van der Waals surface area contributed by atoms with Crippen LogP contribution in [0.4, 0.5) is 0 Å². The highest BCUT2D eigenvalue weighted by atomic mass is 14.4. The number of nitrogens with zero attached hydrogens (tertiary/aromatic N) is 1. The Kier molecular flexibility index (Phi) is 21.8. The van der Waals surface area contributed by atoms with Crippen molar-refractivity contribution in [3.8, 4) is 12.0 Å². The smallest absolute Gasteiger partial charge is 0.0584 e. The van der Waals surface area contributed by atoms with Crippen molar-refractivity contribution >= 4 is 0 Å². The lowest BCUT2D eigenvalue weighted by Gasteiger charge is -2.03. The molecule has 2 radical (unpaired) electrons. The molecular weight excluding hydrogens is 290 g/mol. The standard InChI is InChI=1S/C23H43N/c1-2-3-4-5-6-7-8-9-10-11-12-13-14-15-16-17-18-19-20-21-22-23-24/h2-21H2,1H3. The van der Waals surface area contributed by atoms with Gasteiger partial charge in [0, 0.05) is 6.42 Å². The molecule has 24 heavy (non-hydrogen) atoms. The van der Waals surface area contributed by atoms with Gasteiger partial charge < -0.3 is 0 Å². The summed E-state index contributed by atoms with van der Waals surface area (Å²) in [6.07, 6.45) is 27.7. The van der Waals surface area contributed by atoms with E-state index in [0.29, 0.717) is 0 Å². The monoisotopic (exact) mass is 333 g/mol. The normalized spacial score (nSPS) is 10.5. The Balaban J connectivity index is 2.96. The molecule has 1 heteroatoms. The summed E-state index contributed by atoms with van der Waals surface area (Å²) >= 11 is 0. The minimum Gasteiger partial charge on any atom is -0.0878 e. The largest absolute Gasteiger partial charge is 0.0878 e. The predicted molar refractivity (Wildman–Crippen MR) is 108 cm³/mol. The van der Waals surface area contributed by atoms with E-state index >= 15 is 0 Å².